The van der Waals surface area contributed by atoms with Crippen molar-refractivity contribution in [3.63, 3.8) is 0 Å². The maximum absolute atomic E-state index is 4.34. The van der Waals surface area contributed by atoms with Crippen LogP contribution in [-0.4, -0.2) is 20.3 Å². The lowest BCUT2D eigenvalue weighted by Gasteiger charge is -2.42. The molecule has 0 radical (unpaired) electrons. The number of nitrogens with one attached hydrogen (secondary N) is 1. The van der Waals surface area contributed by atoms with Crippen LogP contribution in [-0.2, 0) is 19.5 Å². The van der Waals surface area contributed by atoms with Crippen LogP contribution in [0.1, 0.15) is 57.1 Å². The van der Waals surface area contributed by atoms with Gasteiger partial charge in [-0.05, 0) is 38.5 Å². The van der Waals surface area contributed by atoms with Crippen LogP contribution in [0.5, 0.6) is 0 Å². The number of fused-ring (bicyclic) bond motifs is 1. The second kappa shape index (κ2) is 4.41. The Bertz CT molecular complexity index is 387. The van der Waals surface area contributed by atoms with Crippen LogP contribution >= 0.6 is 0 Å². The molecule has 2 aliphatic rings. The normalized spacial score (nSPS) is 21.9. The third-order valence-corrected chi connectivity index (χ3v) is 4.55. The standard InChI is InChI=1S/C13H22N4/c1-2-13(7-5-8-13)14-10-12-16-15-11-6-3-4-9-17(11)12/h14H,2-10H2,1H3. The van der Waals surface area contributed by atoms with Crippen molar-refractivity contribution in [2.24, 2.45) is 0 Å². The van der Waals surface area contributed by atoms with Gasteiger partial charge >= 0.3 is 0 Å². The van der Waals surface area contributed by atoms with Crippen LogP contribution in [0.15, 0.2) is 0 Å². The van der Waals surface area contributed by atoms with Gasteiger partial charge in [0.15, 0.2) is 0 Å². The van der Waals surface area contributed by atoms with E-state index in [0.717, 1.165) is 25.3 Å². The molecule has 0 amide bonds. The molecule has 1 fully saturated rings. The lowest BCUT2D eigenvalue weighted by Crippen LogP contribution is -2.50. The van der Waals surface area contributed by atoms with Crippen LogP contribution in [0.3, 0.4) is 0 Å². The fourth-order valence-corrected chi connectivity index (χ4v) is 3.02. The van der Waals surface area contributed by atoms with Gasteiger partial charge in [0, 0.05) is 18.5 Å². The van der Waals surface area contributed by atoms with Crippen molar-refractivity contribution in [1.29, 1.82) is 0 Å². The molecule has 0 spiro atoms. The van der Waals surface area contributed by atoms with Crippen molar-refractivity contribution in [2.75, 3.05) is 0 Å². The highest BCUT2D eigenvalue weighted by Crippen LogP contribution is 2.34. The Morgan fingerprint density at radius 3 is 2.82 bits per heavy atom. The average Bonchev–Trinajstić information content (AvgIpc) is 2.72. The average molecular weight is 234 g/mol. The Balaban J connectivity index is 1.67. The zero-order valence-electron chi connectivity index (χ0n) is 10.7. The lowest BCUT2D eigenvalue weighted by atomic mass is 9.75. The van der Waals surface area contributed by atoms with Gasteiger partial charge in [-0.25, -0.2) is 0 Å². The molecule has 1 saturated carbocycles. The molecular formula is C13H22N4. The maximum atomic E-state index is 4.34. The van der Waals surface area contributed by atoms with Gasteiger partial charge in [-0.2, -0.15) is 0 Å². The van der Waals surface area contributed by atoms with Crippen molar-refractivity contribution in [2.45, 2.75) is 70.5 Å². The van der Waals surface area contributed by atoms with Gasteiger partial charge in [0.05, 0.1) is 6.54 Å². The van der Waals surface area contributed by atoms with E-state index in [9.17, 15) is 0 Å². The van der Waals surface area contributed by atoms with E-state index in [4.69, 9.17) is 0 Å². The third kappa shape index (κ3) is 1.99. The fourth-order valence-electron chi connectivity index (χ4n) is 3.02. The fraction of sp³-hybridized carbons (Fsp3) is 0.846. The summed E-state index contributed by atoms with van der Waals surface area (Å²) in [4.78, 5) is 0. The lowest BCUT2D eigenvalue weighted by molar-refractivity contribution is 0.173. The van der Waals surface area contributed by atoms with Crippen molar-refractivity contribution < 1.29 is 0 Å². The largest absolute Gasteiger partial charge is 0.314 e. The molecule has 94 valence electrons. The van der Waals surface area contributed by atoms with E-state index in [1.807, 2.05) is 0 Å². The summed E-state index contributed by atoms with van der Waals surface area (Å²) in [5.74, 6) is 2.33. The molecule has 4 heteroatoms. The quantitative estimate of drug-likeness (QED) is 0.867. The van der Waals surface area contributed by atoms with E-state index in [1.54, 1.807) is 0 Å². The van der Waals surface area contributed by atoms with E-state index >= 15 is 0 Å². The van der Waals surface area contributed by atoms with E-state index < -0.39 is 0 Å². The molecule has 0 unspecified atom stereocenters. The first kappa shape index (κ1) is 11.2. The molecule has 0 atom stereocenters. The Kier molecular flexibility index (Phi) is 2.90. The summed E-state index contributed by atoms with van der Waals surface area (Å²) < 4.78 is 2.32. The van der Waals surface area contributed by atoms with Gasteiger partial charge < -0.3 is 9.88 Å². The summed E-state index contributed by atoms with van der Waals surface area (Å²) in [6.45, 7) is 4.28. The van der Waals surface area contributed by atoms with Crippen LogP contribution in [0.2, 0.25) is 0 Å². The number of nitrogens with zero attached hydrogens (tertiary/aromatic N) is 3. The number of aromatic nitrogens is 3. The molecule has 0 bridgehead atoms. The second-order valence-corrected chi connectivity index (χ2v) is 5.48. The highest BCUT2D eigenvalue weighted by Gasteiger charge is 2.34. The molecule has 17 heavy (non-hydrogen) atoms. The number of rotatable bonds is 4. The van der Waals surface area contributed by atoms with Crippen LogP contribution < -0.4 is 5.32 Å². The summed E-state index contributed by atoms with van der Waals surface area (Å²) >= 11 is 0. The zero-order valence-corrected chi connectivity index (χ0v) is 10.7. The first-order valence-corrected chi connectivity index (χ1v) is 6.99. The molecule has 0 aromatic carbocycles. The van der Waals surface area contributed by atoms with Gasteiger partial charge in [-0.3, -0.25) is 0 Å². The van der Waals surface area contributed by atoms with Gasteiger partial charge in [0.2, 0.25) is 0 Å². The molecule has 1 aromatic rings. The molecular weight excluding hydrogens is 212 g/mol. The van der Waals surface area contributed by atoms with Gasteiger partial charge in [0.1, 0.15) is 11.6 Å². The molecule has 4 nitrogen and oxygen atoms in total. The third-order valence-electron chi connectivity index (χ3n) is 4.55. The van der Waals surface area contributed by atoms with E-state index in [1.165, 1.54) is 44.3 Å². The topological polar surface area (TPSA) is 42.7 Å². The van der Waals surface area contributed by atoms with Crippen LogP contribution in [0.25, 0.3) is 0 Å². The molecule has 1 aliphatic carbocycles. The summed E-state index contributed by atoms with van der Waals surface area (Å²) in [5, 5.41) is 12.4. The predicted molar refractivity (Wildman–Crippen MR) is 66.7 cm³/mol. The SMILES string of the molecule is CCC1(NCc2nnc3n2CCCC3)CCC1. The predicted octanol–water partition coefficient (Wildman–Crippen LogP) is 2.04. The van der Waals surface area contributed by atoms with Crippen molar-refractivity contribution in [1.82, 2.24) is 20.1 Å². The van der Waals surface area contributed by atoms with Gasteiger partial charge in [-0.15, -0.1) is 10.2 Å². The molecule has 0 saturated heterocycles. The first-order valence-electron chi connectivity index (χ1n) is 6.99. The number of hydrogen-bond acceptors (Lipinski definition) is 3. The second-order valence-electron chi connectivity index (χ2n) is 5.48. The first-order chi connectivity index (χ1) is 8.33. The Morgan fingerprint density at radius 1 is 1.24 bits per heavy atom. The number of aryl methyl sites for hydroxylation is 1. The minimum atomic E-state index is 0.404. The maximum Gasteiger partial charge on any atom is 0.147 e. The van der Waals surface area contributed by atoms with E-state index in [2.05, 4.69) is 27.0 Å². The summed E-state index contributed by atoms with van der Waals surface area (Å²) in [7, 11) is 0. The highest BCUT2D eigenvalue weighted by molar-refractivity contribution is 5.01. The van der Waals surface area contributed by atoms with Crippen molar-refractivity contribution in [3.8, 4) is 0 Å². The Morgan fingerprint density at radius 2 is 2.12 bits per heavy atom. The van der Waals surface area contributed by atoms with Crippen molar-refractivity contribution >= 4 is 0 Å². The summed E-state index contributed by atoms with van der Waals surface area (Å²) in [6.07, 6.45) is 8.90. The zero-order chi connectivity index (χ0) is 11.7. The highest BCUT2D eigenvalue weighted by atomic mass is 15.3. The van der Waals surface area contributed by atoms with Crippen LogP contribution in [0, 0.1) is 0 Å². The van der Waals surface area contributed by atoms with E-state index in [-0.39, 0.29) is 0 Å². The molecule has 3 rings (SSSR count). The minimum Gasteiger partial charge on any atom is -0.314 e. The summed E-state index contributed by atoms with van der Waals surface area (Å²) in [6, 6.07) is 0. The smallest absolute Gasteiger partial charge is 0.147 e. The monoisotopic (exact) mass is 234 g/mol. The Labute approximate surface area is 103 Å². The van der Waals surface area contributed by atoms with Gasteiger partial charge in [0.25, 0.3) is 0 Å². The molecule has 2 heterocycles. The minimum absolute atomic E-state index is 0.404. The van der Waals surface area contributed by atoms with Crippen LogP contribution in [0.4, 0.5) is 0 Å². The van der Waals surface area contributed by atoms with Gasteiger partial charge in [-0.1, -0.05) is 6.92 Å². The molecule has 1 aliphatic heterocycles. The summed E-state index contributed by atoms with van der Waals surface area (Å²) in [5.41, 5.74) is 0.404. The van der Waals surface area contributed by atoms with Crippen molar-refractivity contribution in [3.05, 3.63) is 11.6 Å². The van der Waals surface area contributed by atoms with E-state index in [0.29, 0.717) is 5.54 Å². The Hall–Kier alpha value is -0.900. The number of hydrogen-bond donors (Lipinski definition) is 1. The molecule has 1 aromatic heterocycles. The molecule has 1 N–H and O–H groups in total.